The second kappa shape index (κ2) is 12.5. The van der Waals surface area contributed by atoms with Gasteiger partial charge in [0.05, 0.1) is 17.7 Å². The number of para-hydroxylation sites is 2. The predicted molar refractivity (Wildman–Crippen MR) is 126 cm³/mol. The highest BCUT2D eigenvalue weighted by Gasteiger charge is 2.28. The van der Waals surface area contributed by atoms with Gasteiger partial charge < -0.3 is 10.1 Å². The summed E-state index contributed by atoms with van der Waals surface area (Å²) in [7, 11) is -2.21. The number of methoxy groups -OCH3 is 1. The van der Waals surface area contributed by atoms with E-state index in [1.807, 2.05) is 37.3 Å². The number of benzene rings is 2. The Bertz CT molecular complexity index is 1090. The first-order valence-electron chi connectivity index (χ1n) is 10.2. The largest absolute Gasteiger partial charge is 0.495 e. The summed E-state index contributed by atoms with van der Waals surface area (Å²) in [5.74, 6) is 0.515. The topological polar surface area (TPSA) is 88.6 Å². The highest BCUT2D eigenvalue weighted by atomic mass is 32.2. The number of aryl methyl sites for hydroxylation is 1. The van der Waals surface area contributed by atoms with Gasteiger partial charge >= 0.3 is 0 Å². The maximum Gasteiger partial charge on any atom is 0.264 e. The van der Waals surface area contributed by atoms with Crippen LogP contribution in [0.2, 0.25) is 0 Å². The summed E-state index contributed by atoms with van der Waals surface area (Å²) in [6.45, 7) is 4.68. The van der Waals surface area contributed by atoms with Crippen LogP contribution in [0.5, 0.6) is 5.75 Å². The summed E-state index contributed by atoms with van der Waals surface area (Å²) in [6, 6.07) is 17.9. The monoisotopic (exact) mass is 455 g/mol. The first kappa shape index (κ1) is 24.9. The third-order valence-electron chi connectivity index (χ3n) is 4.63. The lowest BCUT2D eigenvalue weighted by molar-refractivity contribution is -0.109. The minimum Gasteiger partial charge on any atom is -0.495 e. The van der Waals surface area contributed by atoms with E-state index in [9.17, 15) is 13.2 Å². The van der Waals surface area contributed by atoms with Gasteiger partial charge in [-0.3, -0.25) is 14.1 Å². The zero-order valence-corrected chi connectivity index (χ0v) is 19.4. The zero-order chi connectivity index (χ0) is 23.4. The Labute approximate surface area is 190 Å². The van der Waals surface area contributed by atoms with E-state index in [4.69, 9.17) is 4.74 Å². The van der Waals surface area contributed by atoms with Crippen molar-refractivity contribution in [1.82, 2.24) is 10.3 Å². The van der Waals surface area contributed by atoms with Crippen LogP contribution in [0.15, 0.2) is 78.0 Å². The number of hydrogen-bond donors (Lipinski definition) is 1. The zero-order valence-electron chi connectivity index (χ0n) is 18.6. The molecule has 3 aromatic rings. The van der Waals surface area contributed by atoms with Crippen LogP contribution in [0.1, 0.15) is 18.1 Å². The number of nitrogens with one attached hydrogen (secondary N) is 1. The summed E-state index contributed by atoms with van der Waals surface area (Å²) < 4.78 is 33.8. The van der Waals surface area contributed by atoms with E-state index in [1.165, 1.54) is 4.31 Å². The Morgan fingerprint density at radius 1 is 1.06 bits per heavy atom. The van der Waals surface area contributed by atoms with E-state index in [0.717, 1.165) is 12.1 Å². The number of ether oxygens (including phenoxy) is 1. The molecule has 0 radical (unpaired) electrons. The SMILES string of the molecule is CCNC=O.COc1ccccc1N(CCc1cccnc1)S(=O)(=O)c1ccccc1C. The van der Waals surface area contributed by atoms with Gasteiger partial charge in [-0.15, -0.1) is 0 Å². The van der Waals surface area contributed by atoms with Crippen LogP contribution in [0, 0.1) is 6.92 Å². The minimum atomic E-state index is -3.75. The lowest BCUT2D eigenvalue weighted by Crippen LogP contribution is -2.33. The molecule has 1 aromatic heterocycles. The summed E-state index contributed by atoms with van der Waals surface area (Å²) in [4.78, 5) is 13.7. The van der Waals surface area contributed by atoms with Gasteiger partial charge in [0.1, 0.15) is 5.75 Å². The minimum absolute atomic E-state index is 0.280. The van der Waals surface area contributed by atoms with E-state index >= 15 is 0 Å². The fraction of sp³-hybridized carbons (Fsp3) is 0.250. The van der Waals surface area contributed by atoms with E-state index in [2.05, 4.69) is 10.3 Å². The van der Waals surface area contributed by atoms with Crippen molar-refractivity contribution in [2.45, 2.75) is 25.2 Å². The number of hydrogen-bond acceptors (Lipinski definition) is 5. The number of pyridine rings is 1. The highest BCUT2D eigenvalue weighted by Crippen LogP contribution is 2.33. The lowest BCUT2D eigenvalue weighted by atomic mass is 10.2. The van der Waals surface area contributed by atoms with Crippen LogP contribution in [0.3, 0.4) is 0 Å². The van der Waals surface area contributed by atoms with Gasteiger partial charge in [0.25, 0.3) is 10.0 Å². The van der Waals surface area contributed by atoms with Crippen molar-refractivity contribution >= 4 is 22.1 Å². The molecule has 8 heteroatoms. The van der Waals surface area contributed by atoms with Crippen LogP contribution in [-0.2, 0) is 21.2 Å². The molecule has 170 valence electrons. The molecule has 0 aliphatic heterocycles. The Morgan fingerprint density at radius 2 is 1.78 bits per heavy atom. The van der Waals surface area contributed by atoms with Crippen molar-refractivity contribution in [1.29, 1.82) is 0 Å². The number of nitrogens with zero attached hydrogens (tertiary/aromatic N) is 2. The molecule has 0 saturated heterocycles. The van der Waals surface area contributed by atoms with Gasteiger partial charge in [-0.1, -0.05) is 36.4 Å². The van der Waals surface area contributed by atoms with Gasteiger partial charge in [0.15, 0.2) is 0 Å². The molecule has 0 aliphatic carbocycles. The second-order valence-corrected chi connectivity index (χ2v) is 8.63. The standard InChI is InChI=1S/C21H22N2O3S.C3H7NO/c1-17-8-3-6-12-21(17)27(24,25)23(15-13-18-9-7-14-22-16-18)19-10-4-5-11-20(19)26-2;1-2-4-3-5/h3-12,14,16H,13,15H2,1-2H3;3H,2H2,1H3,(H,4,5). The van der Waals surface area contributed by atoms with Gasteiger partial charge in [0, 0.05) is 25.5 Å². The third-order valence-corrected chi connectivity index (χ3v) is 6.60. The smallest absolute Gasteiger partial charge is 0.264 e. The van der Waals surface area contributed by atoms with E-state index < -0.39 is 10.0 Å². The molecular weight excluding hydrogens is 426 g/mol. The van der Waals surface area contributed by atoms with Gasteiger partial charge in [0.2, 0.25) is 6.41 Å². The Balaban J connectivity index is 0.000000654. The fourth-order valence-electron chi connectivity index (χ4n) is 3.03. The van der Waals surface area contributed by atoms with Crippen molar-refractivity contribution in [3.05, 3.63) is 84.2 Å². The van der Waals surface area contributed by atoms with Crippen LogP contribution < -0.4 is 14.4 Å². The molecule has 0 atom stereocenters. The number of carbonyl (C=O) groups excluding carboxylic acids is 1. The van der Waals surface area contributed by atoms with Crippen LogP contribution >= 0.6 is 0 Å². The highest BCUT2D eigenvalue weighted by molar-refractivity contribution is 7.92. The lowest BCUT2D eigenvalue weighted by Gasteiger charge is -2.26. The quantitative estimate of drug-likeness (QED) is 0.498. The van der Waals surface area contributed by atoms with Crippen LogP contribution in [0.4, 0.5) is 5.69 Å². The molecule has 0 unspecified atom stereocenters. The maximum atomic E-state index is 13.5. The summed E-state index contributed by atoms with van der Waals surface area (Å²) in [5, 5.41) is 2.43. The van der Waals surface area contributed by atoms with E-state index in [0.29, 0.717) is 34.7 Å². The number of sulfonamides is 1. The van der Waals surface area contributed by atoms with Crippen molar-refractivity contribution in [3.63, 3.8) is 0 Å². The van der Waals surface area contributed by atoms with Gasteiger partial charge in [-0.25, -0.2) is 8.42 Å². The number of rotatable bonds is 9. The second-order valence-electron chi connectivity index (χ2n) is 6.80. The molecule has 1 amide bonds. The molecule has 0 spiro atoms. The summed E-state index contributed by atoms with van der Waals surface area (Å²) >= 11 is 0. The number of aromatic nitrogens is 1. The van der Waals surface area contributed by atoms with Gasteiger partial charge in [-0.2, -0.15) is 0 Å². The molecule has 0 aliphatic rings. The first-order chi connectivity index (χ1) is 15.5. The van der Waals surface area contributed by atoms with Crippen molar-refractivity contribution in [3.8, 4) is 5.75 Å². The molecule has 1 heterocycles. The Kier molecular flexibility index (Phi) is 9.69. The molecule has 0 saturated carbocycles. The molecule has 32 heavy (non-hydrogen) atoms. The molecule has 0 fully saturated rings. The average molecular weight is 456 g/mol. The van der Waals surface area contributed by atoms with Crippen molar-refractivity contribution in [2.24, 2.45) is 0 Å². The van der Waals surface area contributed by atoms with Crippen molar-refractivity contribution in [2.75, 3.05) is 24.5 Å². The summed E-state index contributed by atoms with van der Waals surface area (Å²) in [5.41, 5.74) is 2.20. The average Bonchev–Trinajstić information content (AvgIpc) is 2.81. The first-order valence-corrected chi connectivity index (χ1v) is 11.7. The van der Waals surface area contributed by atoms with Gasteiger partial charge in [-0.05, 0) is 55.7 Å². The van der Waals surface area contributed by atoms with Crippen LogP contribution in [0.25, 0.3) is 0 Å². The molecule has 7 nitrogen and oxygen atoms in total. The molecular formula is C24H29N3O4S. The number of amides is 1. The van der Waals surface area contributed by atoms with E-state index in [-0.39, 0.29) is 6.54 Å². The normalized spacial score (nSPS) is 10.5. The molecule has 0 bridgehead atoms. The van der Waals surface area contributed by atoms with Crippen molar-refractivity contribution < 1.29 is 17.9 Å². The third kappa shape index (κ3) is 6.55. The maximum absolute atomic E-state index is 13.5. The Hall–Kier alpha value is -3.39. The fourth-order valence-corrected chi connectivity index (χ4v) is 4.73. The number of anilines is 1. The summed E-state index contributed by atoms with van der Waals surface area (Å²) in [6.07, 6.45) is 4.67. The molecule has 3 rings (SSSR count). The molecule has 1 N–H and O–H groups in total. The molecule has 2 aromatic carbocycles. The predicted octanol–water partition coefficient (Wildman–Crippen LogP) is 3.59. The number of carbonyl (C=O) groups is 1. The van der Waals surface area contributed by atoms with Crippen LogP contribution in [-0.4, -0.2) is 40.0 Å². The Morgan fingerprint density at radius 3 is 2.38 bits per heavy atom. The van der Waals surface area contributed by atoms with E-state index in [1.54, 1.807) is 56.8 Å².